The predicted molar refractivity (Wildman–Crippen MR) is 58.8 cm³/mol. The van der Waals surface area contributed by atoms with Crippen LogP contribution >= 0.6 is 0 Å². The Kier molecular flexibility index (Phi) is 2.99. The minimum absolute atomic E-state index is 0.0880. The lowest BCUT2D eigenvalue weighted by atomic mass is 9.96. The van der Waals surface area contributed by atoms with Crippen LogP contribution in [0.4, 0.5) is 0 Å². The smallest absolute Gasteiger partial charge is 0.341 e. The Labute approximate surface area is 94.6 Å². The number of carbonyl (C=O) groups is 1. The Morgan fingerprint density at radius 2 is 2.06 bits per heavy atom. The van der Waals surface area contributed by atoms with Crippen molar-refractivity contribution in [3.8, 4) is 0 Å². The minimum atomic E-state index is -0.910. The second-order valence-corrected chi connectivity index (χ2v) is 4.75. The highest BCUT2D eigenvalue weighted by Crippen LogP contribution is 2.37. The molecule has 1 aromatic heterocycles. The standard InChI is InChI=1S/C12H17NO3/c1-7(2)10-9(12(14)15)11(16-13-10)8-5-3-4-6-8/h7-8H,3-6H2,1-2H3,(H,14,15). The van der Waals surface area contributed by atoms with E-state index in [1.165, 1.54) is 0 Å². The van der Waals surface area contributed by atoms with Crippen LogP contribution in [0.25, 0.3) is 0 Å². The quantitative estimate of drug-likeness (QED) is 0.854. The molecule has 0 aromatic carbocycles. The maximum Gasteiger partial charge on any atom is 0.341 e. The van der Waals surface area contributed by atoms with Gasteiger partial charge in [-0.1, -0.05) is 31.8 Å². The van der Waals surface area contributed by atoms with Gasteiger partial charge in [-0.3, -0.25) is 0 Å². The van der Waals surface area contributed by atoms with E-state index < -0.39 is 5.97 Å². The summed E-state index contributed by atoms with van der Waals surface area (Å²) in [6.45, 7) is 3.87. The van der Waals surface area contributed by atoms with Crippen LogP contribution in [0.5, 0.6) is 0 Å². The predicted octanol–water partition coefficient (Wildman–Crippen LogP) is 3.15. The highest BCUT2D eigenvalue weighted by Gasteiger charge is 2.30. The molecule has 0 amide bonds. The van der Waals surface area contributed by atoms with E-state index in [1.807, 2.05) is 13.8 Å². The van der Waals surface area contributed by atoms with E-state index in [4.69, 9.17) is 4.52 Å². The monoisotopic (exact) mass is 223 g/mol. The highest BCUT2D eigenvalue weighted by molar-refractivity contribution is 5.90. The third kappa shape index (κ3) is 1.84. The van der Waals surface area contributed by atoms with Crippen LogP contribution in [0.1, 0.15) is 73.2 Å². The average Bonchev–Trinajstić information content (AvgIpc) is 2.85. The SMILES string of the molecule is CC(C)c1noc(C2CCCC2)c1C(=O)O. The second kappa shape index (κ2) is 4.28. The summed E-state index contributed by atoms with van der Waals surface area (Å²) in [6, 6.07) is 0. The van der Waals surface area contributed by atoms with Crippen molar-refractivity contribution in [2.45, 2.75) is 51.4 Å². The van der Waals surface area contributed by atoms with E-state index in [1.54, 1.807) is 0 Å². The van der Waals surface area contributed by atoms with Gasteiger partial charge in [0.1, 0.15) is 11.3 Å². The molecule has 16 heavy (non-hydrogen) atoms. The fourth-order valence-corrected chi connectivity index (χ4v) is 2.39. The van der Waals surface area contributed by atoms with Gasteiger partial charge >= 0.3 is 5.97 Å². The van der Waals surface area contributed by atoms with Crippen molar-refractivity contribution in [2.75, 3.05) is 0 Å². The molecule has 1 aliphatic carbocycles. The summed E-state index contributed by atoms with van der Waals surface area (Å²) in [5, 5.41) is 13.2. The maximum atomic E-state index is 11.3. The van der Waals surface area contributed by atoms with Crippen molar-refractivity contribution in [2.24, 2.45) is 0 Å². The minimum Gasteiger partial charge on any atom is -0.477 e. The molecule has 88 valence electrons. The first-order valence-corrected chi connectivity index (χ1v) is 5.84. The number of aromatic nitrogens is 1. The molecule has 4 nitrogen and oxygen atoms in total. The molecular formula is C12H17NO3. The molecule has 4 heteroatoms. The molecule has 1 aliphatic rings. The molecule has 0 bridgehead atoms. The third-order valence-corrected chi connectivity index (χ3v) is 3.23. The average molecular weight is 223 g/mol. The third-order valence-electron chi connectivity index (χ3n) is 3.23. The fraction of sp³-hybridized carbons (Fsp3) is 0.667. The van der Waals surface area contributed by atoms with Crippen molar-refractivity contribution in [3.05, 3.63) is 17.0 Å². The molecule has 0 atom stereocenters. The summed E-state index contributed by atoms with van der Waals surface area (Å²) >= 11 is 0. The maximum absolute atomic E-state index is 11.3. The number of nitrogens with zero attached hydrogens (tertiary/aromatic N) is 1. The molecule has 0 radical (unpaired) electrons. The van der Waals surface area contributed by atoms with Crippen molar-refractivity contribution in [3.63, 3.8) is 0 Å². The molecule has 0 aliphatic heterocycles. The van der Waals surface area contributed by atoms with Gasteiger partial charge in [0.05, 0.1) is 0 Å². The normalized spacial score (nSPS) is 17.2. The molecule has 0 unspecified atom stereocenters. The molecule has 1 saturated carbocycles. The second-order valence-electron chi connectivity index (χ2n) is 4.75. The topological polar surface area (TPSA) is 63.3 Å². The van der Waals surface area contributed by atoms with Gasteiger partial charge in [0.25, 0.3) is 0 Å². The molecule has 1 heterocycles. The van der Waals surface area contributed by atoms with Gasteiger partial charge in [-0.15, -0.1) is 0 Å². The largest absolute Gasteiger partial charge is 0.477 e. The summed E-state index contributed by atoms with van der Waals surface area (Å²) in [5.41, 5.74) is 0.885. The number of hydrogen-bond donors (Lipinski definition) is 1. The Hall–Kier alpha value is -1.32. The van der Waals surface area contributed by atoms with Crippen LogP contribution in [0.3, 0.4) is 0 Å². The molecule has 1 aromatic rings. The van der Waals surface area contributed by atoms with E-state index in [-0.39, 0.29) is 11.8 Å². The first kappa shape index (κ1) is 11.2. The van der Waals surface area contributed by atoms with E-state index in [9.17, 15) is 9.90 Å². The zero-order chi connectivity index (χ0) is 11.7. The lowest BCUT2D eigenvalue weighted by molar-refractivity contribution is 0.0692. The van der Waals surface area contributed by atoms with Crippen LogP contribution in [0.15, 0.2) is 4.52 Å². The molecular weight excluding hydrogens is 206 g/mol. The van der Waals surface area contributed by atoms with Crippen LogP contribution in [-0.4, -0.2) is 16.2 Å². The number of aromatic carboxylic acids is 1. The Morgan fingerprint density at radius 1 is 1.44 bits per heavy atom. The first-order valence-electron chi connectivity index (χ1n) is 5.84. The summed E-state index contributed by atoms with van der Waals surface area (Å²) in [7, 11) is 0. The van der Waals surface area contributed by atoms with E-state index in [2.05, 4.69) is 5.16 Å². The summed E-state index contributed by atoms with van der Waals surface area (Å²) in [5.74, 6) is 0.0247. The number of hydrogen-bond acceptors (Lipinski definition) is 3. The Morgan fingerprint density at radius 3 is 2.56 bits per heavy atom. The summed E-state index contributed by atoms with van der Waals surface area (Å²) in [6.07, 6.45) is 4.35. The Bertz CT molecular complexity index is 389. The van der Waals surface area contributed by atoms with Gasteiger partial charge in [-0.25, -0.2) is 4.79 Å². The van der Waals surface area contributed by atoms with Crippen molar-refractivity contribution >= 4 is 5.97 Å². The first-order chi connectivity index (χ1) is 7.61. The summed E-state index contributed by atoms with van der Waals surface area (Å²) < 4.78 is 5.27. The van der Waals surface area contributed by atoms with Gasteiger partial charge in [0.15, 0.2) is 5.76 Å². The molecule has 0 saturated heterocycles. The Balaban J connectivity index is 2.41. The lowest BCUT2D eigenvalue weighted by Gasteiger charge is -2.06. The molecule has 1 N–H and O–H groups in total. The molecule has 2 rings (SSSR count). The highest BCUT2D eigenvalue weighted by atomic mass is 16.5. The number of carboxylic acid groups (broad SMARTS) is 1. The van der Waals surface area contributed by atoms with E-state index >= 15 is 0 Å². The van der Waals surface area contributed by atoms with Crippen molar-refractivity contribution < 1.29 is 14.4 Å². The van der Waals surface area contributed by atoms with Gasteiger partial charge in [0, 0.05) is 5.92 Å². The summed E-state index contributed by atoms with van der Waals surface area (Å²) in [4.78, 5) is 11.3. The van der Waals surface area contributed by atoms with Gasteiger partial charge in [-0.05, 0) is 18.8 Å². The molecule has 0 spiro atoms. The number of rotatable bonds is 3. The molecule has 1 fully saturated rings. The van der Waals surface area contributed by atoms with E-state index in [0.717, 1.165) is 25.7 Å². The fourth-order valence-electron chi connectivity index (χ4n) is 2.39. The van der Waals surface area contributed by atoms with Crippen LogP contribution in [0, 0.1) is 0 Å². The van der Waals surface area contributed by atoms with E-state index in [0.29, 0.717) is 17.0 Å². The van der Waals surface area contributed by atoms with Crippen molar-refractivity contribution in [1.29, 1.82) is 0 Å². The number of carboxylic acids is 1. The van der Waals surface area contributed by atoms with Gasteiger partial charge < -0.3 is 9.63 Å². The zero-order valence-corrected chi connectivity index (χ0v) is 9.69. The lowest BCUT2D eigenvalue weighted by Crippen LogP contribution is -2.06. The van der Waals surface area contributed by atoms with Crippen LogP contribution < -0.4 is 0 Å². The van der Waals surface area contributed by atoms with Gasteiger partial charge in [-0.2, -0.15) is 0 Å². The zero-order valence-electron chi connectivity index (χ0n) is 9.69. The van der Waals surface area contributed by atoms with Crippen molar-refractivity contribution in [1.82, 2.24) is 5.16 Å². The van der Waals surface area contributed by atoms with Gasteiger partial charge in [0.2, 0.25) is 0 Å². The van der Waals surface area contributed by atoms with Crippen LogP contribution in [0.2, 0.25) is 0 Å². The van der Waals surface area contributed by atoms with Crippen LogP contribution in [-0.2, 0) is 0 Å².